The number of hydrogen-bond acceptors (Lipinski definition) is 2. The molecule has 0 N–H and O–H groups in total. The van der Waals surface area contributed by atoms with E-state index in [1.807, 2.05) is 6.07 Å². The van der Waals surface area contributed by atoms with Gasteiger partial charge >= 0.3 is 0 Å². The van der Waals surface area contributed by atoms with Crippen molar-refractivity contribution in [2.24, 2.45) is 0 Å². The zero-order chi connectivity index (χ0) is 23.9. The molecule has 4 aromatic carbocycles. The SMILES string of the molecule is C1=Cc2c(oc3ccccc23)C(c2ccc(N(c3ccccc3)C3CC=Cc4ccccc43)cc2)C1. The minimum Gasteiger partial charge on any atom is -0.460 e. The van der Waals surface area contributed by atoms with Crippen molar-refractivity contribution in [3.8, 4) is 0 Å². The normalized spacial score (nSPS) is 18.1. The van der Waals surface area contributed by atoms with Gasteiger partial charge in [-0.15, -0.1) is 0 Å². The predicted molar refractivity (Wildman–Crippen MR) is 150 cm³/mol. The molecule has 0 spiro atoms. The fourth-order valence-electron chi connectivity index (χ4n) is 5.86. The summed E-state index contributed by atoms with van der Waals surface area (Å²) in [7, 11) is 0. The number of rotatable bonds is 4. The minimum atomic E-state index is 0.231. The number of para-hydroxylation sites is 2. The molecule has 2 unspecified atom stereocenters. The lowest BCUT2D eigenvalue weighted by Crippen LogP contribution is -2.25. The first kappa shape index (κ1) is 21.0. The average Bonchev–Trinajstić information content (AvgIpc) is 3.33. The van der Waals surface area contributed by atoms with Gasteiger partial charge in [0.2, 0.25) is 0 Å². The van der Waals surface area contributed by atoms with Gasteiger partial charge in [-0.3, -0.25) is 0 Å². The Morgan fingerprint density at radius 2 is 1.36 bits per heavy atom. The summed E-state index contributed by atoms with van der Waals surface area (Å²) in [6, 6.07) is 37.2. The molecule has 7 rings (SSSR count). The molecule has 0 radical (unpaired) electrons. The Morgan fingerprint density at radius 3 is 2.25 bits per heavy atom. The van der Waals surface area contributed by atoms with Crippen molar-refractivity contribution in [1.82, 2.24) is 0 Å². The Bertz CT molecular complexity index is 1590. The Hall–Kier alpha value is -4.30. The van der Waals surface area contributed by atoms with Crippen LogP contribution in [0, 0.1) is 0 Å². The fourth-order valence-corrected chi connectivity index (χ4v) is 5.86. The summed E-state index contributed by atoms with van der Waals surface area (Å²) in [6.07, 6.45) is 11.0. The van der Waals surface area contributed by atoms with Crippen molar-refractivity contribution < 1.29 is 4.42 Å². The van der Waals surface area contributed by atoms with Crippen LogP contribution in [-0.2, 0) is 0 Å². The largest absolute Gasteiger partial charge is 0.460 e. The fraction of sp³-hybridized carbons (Fsp3) is 0.118. The van der Waals surface area contributed by atoms with Gasteiger partial charge in [0.05, 0.1) is 6.04 Å². The van der Waals surface area contributed by atoms with Gasteiger partial charge in [0.25, 0.3) is 0 Å². The molecular weight excluding hydrogens is 438 g/mol. The molecule has 0 saturated carbocycles. The molecule has 36 heavy (non-hydrogen) atoms. The van der Waals surface area contributed by atoms with Crippen LogP contribution in [0.2, 0.25) is 0 Å². The predicted octanol–water partition coefficient (Wildman–Crippen LogP) is 9.28. The van der Waals surface area contributed by atoms with Gasteiger partial charge in [0.1, 0.15) is 11.3 Å². The summed E-state index contributed by atoms with van der Waals surface area (Å²) in [5.74, 6) is 1.31. The first-order valence-electron chi connectivity index (χ1n) is 12.7. The van der Waals surface area contributed by atoms with Crippen LogP contribution in [0.15, 0.2) is 120 Å². The molecule has 0 aliphatic heterocycles. The van der Waals surface area contributed by atoms with E-state index >= 15 is 0 Å². The Morgan fingerprint density at radius 1 is 0.639 bits per heavy atom. The number of hydrogen-bond donors (Lipinski definition) is 0. The third-order valence-electron chi connectivity index (χ3n) is 7.57. The third-order valence-corrected chi connectivity index (χ3v) is 7.57. The Labute approximate surface area is 211 Å². The molecule has 174 valence electrons. The van der Waals surface area contributed by atoms with E-state index in [0.717, 1.165) is 24.2 Å². The molecule has 2 heteroatoms. The number of allylic oxidation sites excluding steroid dienone is 1. The number of anilines is 2. The highest BCUT2D eigenvalue weighted by Gasteiger charge is 2.27. The van der Waals surface area contributed by atoms with Crippen LogP contribution in [0.3, 0.4) is 0 Å². The van der Waals surface area contributed by atoms with Crippen molar-refractivity contribution in [2.45, 2.75) is 24.8 Å². The van der Waals surface area contributed by atoms with E-state index in [-0.39, 0.29) is 12.0 Å². The summed E-state index contributed by atoms with van der Waals surface area (Å²) in [4.78, 5) is 2.49. The van der Waals surface area contributed by atoms with Crippen molar-refractivity contribution in [3.63, 3.8) is 0 Å². The van der Waals surface area contributed by atoms with Crippen LogP contribution in [0.25, 0.3) is 23.1 Å². The monoisotopic (exact) mass is 465 g/mol. The summed E-state index contributed by atoms with van der Waals surface area (Å²) < 4.78 is 6.37. The quantitative estimate of drug-likeness (QED) is 0.263. The van der Waals surface area contributed by atoms with E-state index in [1.165, 1.54) is 39.0 Å². The molecule has 0 saturated heterocycles. The molecule has 2 nitrogen and oxygen atoms in total. The molecule has 0 fully saturated rings. The van der Waals surface area contributed by atoms with Crippen molar-refractivity contribution >= 4 is 34.5 Å². The number of nitrogens with zero attached hydrogens (tertiary/aromatic N) is 1. The second kappa shape index (κ2) is 8.73. The molecule has 2 aliphatic carbocycles. The zero-order valence-electron chi connectivity index (χ0n) is 20.0. The van der Waals surface area contributed by atoms with E-state index in [9.17, 15) is 0 Å². The third kappa shape index (κ3) is 3.49. The first-order valence-corrected chi connectivity index (χ1v) is 12.7. The summed E-state index contributed by atoms with van der Waals surface area (Å²) in [6.45, 7) is 0. The molecular formula is C34H27NO. The summed E-state index contributed by atoms with van der Waals surface area (Å²) >= 11 is 0. The maximum absolute atomic E-state index is 6.37. The molecule has 2 atom stereocenters. The Balaban J connectivity index is 1.28. The maximum Gasteiger partial charge on any atom is 0.134 e. The minimum absolute atomic E-state index is 0.231. The van der Waals surface area contributed by atoms with E-state index in [0.29, 0.717) is 0 Å². The molecule has 0 amide bonds. The van der Waals surface area contributed by atoms with Crippen LogP contribution in [0.4, 0.5) is 11.4 Å². The van der Waals surface area contributed by atoms with Crippen LogP contribution in [-0.4, -0.2) is 0 Å². The van der Waals surface area contributed by atoms with Gasteiger partial charge in [-0.05, 0) is 59.9 Å². The summed E-state index contributed by atoms with van der Waals surface area (Å²) in [5, 5.41) is 1.20. The highest BCUT2D eigenvalue weighted by molar-refractivity contribution is 5.89. The number of fused-ring (bicyclic) bond motifs is 4. The van der Waals surface area contributed by atoms with Crippen molar-refractivity contribution in [2.75, 3.05) is 4.90 Å². The van der Waals surface area contributed by atoms with Gasteiger partial charge in [-0.25, -0.2) is 0 Å². The lowest BCUT2D eigenvalue weighted by atomic mass is 9.86. The van der Waals surface area contributed by atoms with Crippen LogP contribution in [0.1, 0.15) is 52.8 Å². The van der Waals surface area contributed by atoms with Crippen molar-refractivity contribution in [1.29, 1.82) is 0 Å². The second-order valence-corrected chi connectivity index (χ2v) is 9.65. The van der Waals surface area contributed by atoms with Crippen LogP contribution in [0.5, 0.6) is 0 Å². The van der Waals surface area contributed by atoms with Crippen LogP contribution >= 0.6 is 0 Å². The van der Waals surface area contributed by atoms with Gasteiger partial charge < -0.3 is 9.32 Å². The zero-order valence-corrected chi connectivity index (χ0v) is 20.0. The molecule has 2 aliphatic rings. The van der Waals surface area contributed by atoms with Gasteiger partial charge in [-0.2, -0.15) is 0 Å². The van der Waals surface area contributed by atoms with Gasteiger partial charge in [-0.1, -0.05) is 97.1 Å². The number of benzene rings is 4. The lowest BCUT2D eigenvalue weighted by molar-refractivity contribution is 0.516. The molecule has 1 aromatic heterocycles. The average molecular weight is 466 g/mol. The van der Waals surface area contributed by atoms with Gasteiger partial charge in [0, 0.05) is 28.2 Å². The van der Waals surface area contributed by atoms with E-state index in [4.69, 9.17) is 4.42 Å². The lowest BCUT2D eigenvalue weighted by Gasteiger charge is -2.36. The topological polar surface area (TPSA) is 16.4 Å². The van der Waals surface area contributed by atoms with E-state index in [2.05, 4.69) is 126 Å². The van der Waals surface area contributed by atoms with Gasteiger partial charge in [0.15, 0.2) is 0 Å². The highest BCUT2D eigenvalue weighted by atomic mass is 16.3. The standard InChI is InChI=1S/C34H27NO/c1-2-12-26(13-3-1)35(32-18-8-11-24-10-4-5-14-28(24)32)27-22-20-25(21-23-27)29-16-9-17-31-30-15-6-7-19-33(30)36-34(29)31/h1-15,17,19-23,29,32H,16,18H2. The number of furan rings is 1. The van der Waals surface area contributed by atoms with Crippen LogP contribution < -0.4 is 4.90 Å². The smallest absolute Gasteiger partial charge is 0.134 e. The first-order chi connectivity index (χ1) is 17.9. The van der Waals surface area contributed by atoms with E-state index in [1.54, 1.807) is 0 Å². The molecule has 5 aromatic rings. The molecule has 0 bridgehead atoms. The Kier molecular flexibility index (Phi) is 5.10. The molecule has 1 heterocycles. The van der Waals surface area contributed by atoms with Crippen molar-refractivity contribution in [3.05, 3.63) is 143 Å². The second-order valence-electron chi connectivity index (χ2n) is 9.65. The highest BCUT2D eigenvalue weighted by Crippen LogP contribution is 2.43. The summed E-state index contributed by atoms with van der Waals surface area (Å²) in [5.41, 5.74) is 8.57. The maximum atomic E-state index is 6.37. The van der Waals surface area contributed by atoms with E-state index < -0.39 is 0 Å².